The van der Waals surface area contributed by atoms with Gasteiger partial charge in [0.25, 0.3) is 0 Å². The Morgan fingerprint density at radius 2 is 2.31 bits per heavy atom. The van der Waals surface area contributed by atoms with Gasteiger partial charge in [0.05, 0.1) is 6.07 Å². The second-order valence-corrected chi connectivity index (χ2v) is 2.73. The predicted octanol–water partition coefficient (Wildman–Crippen LogP) is 2.02. The van der Waals surface area contributed by atoms with Crippen molar-refractivity contribution in [3.05, 3.63) is 35.6 Å². The van der Waals surface area contributed by atoms with E-state index in [1.807, 2.05) is 6.07 Å². The van der Waals surface area contributed by atoms with Gasteiger partial charge in [0, 0.05) is 0 Å². The predicted molar refractivity (Wildman–Crippen MR) is 45.4 cm³/mol. The smallest absolute Gasteiger partial charge is 0.151 e. The number of nitrogens with zero attached hydrogens (tertiary/aromatic N) is 1. The highest BCUT2D eigenvalue weighted by Crippen LogP contribution is 2.16. The van der Waals surface area contributed by atoms with Crippen LogP contribution in [0.1, 0.15) is 18.4 Å². The Kier molecular flexibility index (Phi) is 2.76. The number of rotatable bonds is 2. The molecule has 1 aromatic rings. The van der Waals surface area contributed by atoms with Crippen molar-refractivity contribution in [1.82, 2.24) is 0 Å². The van der Waals surface area contributed by atoms with E-state index in [0.717, 1.165) is 0 Å². The number of carbonyl (C=O) groups excluding carboxylic acids is 1. The number of halogens is 1. The third kappa shape index (κ3) is 2.12. The molecule has 0 aliphatic heterocycles. The zero-order chi connectivity index (χ0) is 9.84. The van der Waals surface area contributed by atoms with E-state index in [9.17, 15) is 9.18 Å². The zero-order valence-corrected chi connectivity index (χ0v) is 7.12. The molecule has 0 aromatic heterocycles. The first-order valence-corrected chi connectivity index (χ1v) is 3.80. The van der Waals surface area contributed by atoms with Crippen molar-refractivity contribution < 1.29 is 9.18 Å². The number of hydrogen-bond acceptors (Lipinski definition) is 2. The molecule has 0 spiro atoms. The van der Waals surface area contributed by atoms with Crippen molar-refractivity contribution in [2.75, 3.05) is 0 Å². The maximum atomic E-state index is 12.7. The molecule has 0 heterocycles. The first-order valence-electron chi connectivity index (χ1n) is 3.80. The third-order valence-electron chi connectivity index (χ3n) is 1.72. The molecule has 1 rings (SSSR count). The molecule has 1 atom stereocenters. The Labute approximate surface area is 75.6 Å². The van der Waals surface area contributed by atoms with Crippen LogP contribution in [0.25, 0.3) is 0 Å². The van der Waals surface area contributed by atoms with Crippen molar-refractivity contribution in [2.24, 2.45) is 0 Å². The van der Waals surface area contributed by atoms with Crippen LogP contribution in [0.4, 0.5) is 4.39 Å². The highest BCUT2D eigenvalue weighted by Gasteiger charge is 2.15. The second kappa shape index (κ2) is 3.81. The molecule has 0 unspecified atom stereocenters. The molecule has 13 heavy (non-hydrogen) atoms. The number of carbonyl (C=O) groups is 1. The standard InChI is InChI=1S/C10H8FNO/c1-7(13)10(6-12)8-3-2-4-9(11)5-8/h2-5,10H,1H3/t10-/m0/s1. The number of hydrogen-bond donors (Lipinski definition) is 0. The van der Waals surface area contributed by atoms with Crippen LogP contribution >= 0.6 is 0 Å². The van der Waals surface area contributed by atoms with Crippen LogP contribution in [0.15, 0.2) is 24.3 Å². The topological polar surface area (TPSA) is 40.9 Å². The summed E-state index contributed by atoms with van der Waals surface area (Å²) in [6, 6.07) is 7.36. The molecule has 0 saturated carbocycles. The Morgan fingerprint density at radius 1 is 1.62 bits per heavy atom. The summed E-state index contributed by atoms with van der Waals surface area (Å²) in [5.74, 6) is -1.55. The fraction of sp³-hybridized carbons (Fsp3) is 0.200. The van der Waals surface area contributed by atoms with Gasteiger partial charge in [-0.1, -0.05) is 12.1 Å². The average molecular weight is 177 g/mol. The summed E-state index contributed by atoms with van der Waals surface area (Å²) in [6.07, 6.45) is 0. The lowest BCUT2D eigenvalue weighted by atomic mass is 9.97. The molecule has 1 aromatic carbocycles. The first-order chi connectivity index (χ1) is 6.15. The number of ketones is 1. The largest absolute Gasteiger partial charge is 0.298 e. The summed E-state index contributed by atoms with van der Waals surface area (Å²) in [5, 5.41) is 8.65. The van der Waals surface area contributed by atoms with E-state index in [2.05, 4.69) is 0 Å². The minimum atomic E-state index is -0.851. The van der Waals surface area contributed by atoms with Gasteiger partial charge < -0.3 is 0 Å². The SMILES string of the molecule is CC(=O)[C@H](C#N)c1cccc(F)c1. The van der Waals surface area contributed by atoms with E-state index in [-0.39, 0.29) is 5.78 Å². The van der Waals surface area contributed by atoms with E-state index in [0.29, 0.717) is 5.56 Å². The third-order valence-corrected chi connectivity index (χ3v) is 1.72. The van der Waals surface area contributed by atoms with E-state index >= 15 is 0 Å². The van der Waals surface area contributed by atoms with Crippen LogP contribution in [-0.4, -0.2) is 5.78 Å². The van der Waals surface area contributed by atoms with Crippen LogP contribution in [-0.2, 0) is 4.79 Å². The molecule has 3 heteroatoms. The molecule has 0 amide bonds. The van der Waals surface area contributed by atoms with Gasteiger partial charge in [-0.05, 0) is 24.6 Å². The molecule has 0 N–H and O–H groups in total. The monoisotopic (exact) mass is 177 g/mol. The summed E-state index contributed by atoms with van der Waals surface area (Å²) in [5.41, 5.74) is 0.412. The average Bonchev–Trinajstić information content (AvgIpc) is 2.04. The van der Waals surface area contributed by atoms with E-state index in [4.69, 9.17) is 5.26 Å². The zero-order valence-electron chi connectivity index (χ0n) is 7.12. The summed E-state index contributed by atoms with van der Waals surface area (Å²) in [6.45, 7) is 1.32. The Balaban J connectivity index is 3.07. The van der Waals surface area contributed by atoms with Crippen LogP contribution < -0.4 is 0 Å². The Morgan fingerprint density at radius 3 is 2.77 bits per heavy atom. The van der Waals surface area contributed by atoms with Gasteiger partial charge >= 0.3 is 0 Å². The summed E-state index contributed by atoms with van der Waals surface area (Å²) in [4.78, 5) is 10.9. The van der Waals surface area contributed by atoms with Crippen molar-refractivity contribution in [3.63, 3.8) is 0 Å². The molecular weight excluding hydrogens is 169 g/mol. The molecule has 0 aliphatic carbocycles. The summed E-state index contributed by atoms with van der Waals surface area (Å²) in [7, 11) is 0. The molecule has 0 aliphatic rings. The lowest BCUT2D eigenvalue weighted by molar-refractivity contribution is -0.117. The molecule has 66 valence electrons. The number of benzene rings is 1. The van der Waals surface area contributed by atoms with Crippen molar-refractivity contribution in [2.45, 2.75) is 12.8 Å². The van der Waals surface area contributed by atoms with Crippen molar-refractivity contribution >= 4 is 5.78 Å². The maximum Gasteiger partial charge on any atom is 0.151 e. The molecule has 0 bridgehead atoms. The van der Waals surface area contributed by atoms with Crippen LogP contribution in [0.2, 0.25) is 0 Å². The lowest BCUT2D eigenvalue weighted by Gasteiger charge is -2.04. The molecule has 0 fully saturated rings. The van der Waals surface area contributed by atoms with Gasteiger partial charge in [0.15, 0.2) is 5.78 Å². The van der Waals surface area contributed by atoms with Gasteiger partial charge in [-0.25, -0.2) is 4.39 Å². The second-order valence-electron chi connectivity index (χ2n) is 2.73. The Hall–Kier alpha value is -1.69. The van der Waals surface area contributed by atoms with Gasteiger partial charge in [-0.2, -0.15) is 5.26 Å². The minimum absolute atomic E-state index is 0.270. The maximum absolute atomic E-state index is 12.7. The quantitative estimate of drug-likeness (QED) is 0.693. The summed E-state index contributed by atoms with van der Waals surface area (Å²) < 4.78 is 12.7. The van der Waals surface area contributed by atoms with Gasteiger partial charge in [-0.3, -0.25) is 4.79 Å². The summed E-state index contributed by atoms with van der Waals surface area (Å²) >= 11 is 0. The van der Waals surface area contributed by atoms with Gasteiger partial charge in [0.2, 0.25) is 0 Å². The molecule has 0 saturated heterocycles. The van der Waals surface area contributed by atoms with Crippen LogP contribution in [0.5, 0.6) is 0 Å². The van der Waals surface area contributed by atoms with E-state index in [1.165, 1.54) is 25.1 Å². The molecular formula is C10H8FNO. The fourth-order valence-corrected chi connectivity index (χ4v) is 1.09. The highest BCUT2D eigenvalue weighted by molar-refractivity contribution is 5.86. The van der Waals surface area contributed by atoms with Crippen LogP contribution in [0.3, 0.4) is 0 Å². The van der Waals surface area contributed by atoms with Crippen LogP contribution in [0, 0.1) is 17.1 Å². The van der Waals surface area contributed by atoms with Crippen molar-refractivity contribution in [3.8, 4) is 6.07 Å². The van der Waals surface area contributed by atoms with Gasteiger partial charge in [-0.15, -0.1) is 0 Å². The van der Waals surface area contributed by atoms with E-state index < -0.39 is 11.7 Å². The lowest BCUT2D eigenvalue weighted by Crippen LogP contribution is -2.06. The molecule has 0 radical (unpaired) electrons. The highest BCUT2D eigenvalue weighted by atomic mass is 19.1. The Bertz CT molecular complexity index is 367. The minimum Gasteiger partial charge on any atom is -0.298 e. The number of Topliss-reactive ketones (excluding diaryl/α,β-unsaturated/α-hetero) is 1. The van der Waals surface area contributed by atoms with E-state index in [1.54, 1.807) is 6.07 Å². The molecule has 2 nitrogen and oxygen atoms in total. The first kappa shape index (κ1) is 9.40. The fourth-order valence-electron chi connectivity index (χ4n) is 1.09. The normalized spacial score (nSPS) is 11.8. The van der Waals surface area contributed by atoms with Gasteiger partial charge in [0.1, 0.15) is 11.7 Å². The number of nitriles is 1. The van der Waals surface area contributed by atoms with Crippen molar-refractivity contribution in [1.29, 1.82) is 5.26 Å².